The number of rotatable bonds is 7. The third-order valence-corrected chi connectivity index (χ3v) is 6.50. The number of aromatic nitrogens is 6. The molecule has 0 aliphatic heterocycles. The maximum Gasteiger partial charge on any atom is 0.223 e. The third kappa shape index (κ3) is 5.14. The number of hydrogen-bond acceptors (Lipinski definition) is 6. The van der Waals surface area contributed by atoms with Crippen LogP contribution >= 0.6 is 0 Å². The Bertz CT molecular complexity index is 1310. The predicted octanol–water partition coefficient (Wildman–Crippen LogP) is 2.90. The molecule has 4 aromatic rings. The van der Waals surface area contributed by atoms with Crippen LogP contribution in [0.4, 0.5) is 0 Å². The van der Waals surface area contributed by atoms with E-state index in [-0.39, 0.29) is 11.8 Å². The van der Waals surface area contributed by atoms with E-state index in [1.54, 1.807) is 17.1 Å². The fourth-order valence-electron chi connectivity index (χ4n) is 4.69. The molecule has 0 saturated heterocycles. The molecule has 0 spiro atoms. The lowest BCUT2D eigenvalue weighted by Crippen LogP contribution is -2.31. The van der Waals surface area contributed by atoms with Crippen LogP contribution in [0.5, 0.6) is 0 Å². The van der Waals surface area contributed by atoms with E-state index < -0.39 is 5.60 Å². The number of aliphatic hydroxyl groups is 1. The zero-order valence-electron chi connectivity index (χ0n) is 19.9. The SMILES string of the molecule is Cc1cc(Cc2cc(C)[nH]n2)nc([C@@]2(O)CC[C@H](C(=O)NCc3ccc(-n4cccn4)nc3)C2)c1. The average Bonchev–Trinajstić information content (AvgIpc) is 3.60. The highest BCUT2D eigenvalue weighted by Crippen LogP contribution is 2.41. The van der Waals surface area contributed by atoms with Gasteiger partial charge in [-0.05, 0) is 74.6 Å². The van der Waals surface area contributed by atoms with E-state index in [2.05, 4.69) is 25.6 Å². The minimum atomic E-state index is -1.11. The number of aromatic amines is 1. The zero-order chi connectivity index (χ0) is 24.4. The number of aryl methyl sites for hydroxylation is 2. The summed E-state index contributed by atoms with van der Waals surface area (Å²) in [5.41, 5.74) is 4.23. The fourth-order valence-corrected chi connectivity index (χ4v) is 4.69. The van der Waals surface area contributed by atoms with Crippen LogP contribution < -0.4 is 5.32 Å². The Morgan fingerprint density at radius 3 is 2.86 bits per heavy atom. The fraction of sp³-hybridized carbons (Fsp3) is 0.346. The highest BCUT2D eigenvalue weighted by Gasteiger charge is 2.42. The van der Waals surface area contributed by atoms with E-state index in [1.165, 1.54) is 0 Å². The summed E-state index contributed by atoms with van der Waals surface area (Å²) < 4.78 is 1.68. The smallest absolute Gasteiger partial charge is 0.223 e. The van der Waals surface area contributed by atoms with E-state index >= 15 is 0 Å². The summed E-state index contributed by atoms with van der Waals surface area (Å²) in [5.74, 6) is 0.395. The second-order valence-electron chi connectivity index (χ2n) is 9.40. The van der Waals surface area contributed by atoms with E-state index in [0.717, 1.165) is 34.0 Å². The number of pyridine rings is 2. The maximum absolute atomic E-state index is 12.9. The minimum Gasteiger partial charge on any atom is -0.384 e. The molecule has 1 aliphatic carbocycles. The standard InChI is InChI=1S/C26H29N7O2/c1-17-10-21(13-22-12-18(2)31-32-22)30-23(11-17)26(35)7-6-20(14-26)25(34)28-16-19-4-5-24(27-15-19)33-9-3-8-29-33/h3-5,8-12,15,20,35H,6-7,13-14,16H2,1-2H3,(H,28,34)(H,31,32)/t20-,26+/m0/s1. The largest absolute Gasteiger partial charge is 0.384 e. The summed E-state index contributed by atoms with van der Waals surface area (Å²) in [6.45, 7) is 4.35. The highest BCUT2D eigenvalue weighted by atomic mass is 16.3. The molecule has 1 amide bonds. The monoisotopic (exact) mass is 471 g/mol. The summed E-state index contributed by atoms with van der Waals surface area (Å²) in [6.07, 6.45) is 7.33. The lowest BCUT2D eigenvalue weighted by Gasteiger charge is -2.23. The zero-order valence-corrected chi connectivity index (χ0v) is 19.9. The van der Waals surface area contributed by atoms with Gasteiger partial charge in [-0.25, -0.2) is 9.67 Å². The van der Waals surface area contributed by atoms with Crippen LogP contribution in [-0.4, -0.2) is 41.0 Å². The second kappa shape index (κ2) is 9.42. The number of nitrogens with one attached hydrogen (secondary N) is 2. The van der Waals surface area contributed by atoms with Gasteiger partial charge in [-0.3, -0.25) is 14.9 Å². The minimum absolute atomic E-state index is 0.0584. The molecule has 1 saturated carbocycles. The van der Waals surface area contributed by atoms with Crippen LogP contribution in [0.15, 0.2) is 55.0 Å². The van der Waals surface area contributed by atoms with Crippen molar-refractivity contribution in [3.8, 4) is 5.82 Å². The van der Waals surface area contributed by atoms with Crippen molar-refractivity contribution in [1.29, 1.82) is 0 Å². The molecule has 0 unspecified atom stereocenters. The molecule has 2 atom stereocenters. The molecule has 9 heteroatoms. The first-order valence-corrected chi connectivity index (χ1v) is 11.8. The van der Waals surface area contributed by atoms with E-state index in [0.29, 0.717) is 37.9 Å². The Hall–Kier alpha value is -3.85. The molecule has 4 aromatic heterocycles. The number of nitrogens with zero attached hydrogens (tertiary/aromatic N) is 5. The summed E-state index contributed by atoms with van der Waals surface area (Å²) >= 11 is 0. The summed E-state index contributed by atoms with van der Waals surface area (Å²) in [7, 11) is 0. The number of amides is 1. The molecular weight excluding hydrogens is 442 g/mol. The molecule has 5 rings (SSSR count). The number of H-pyrrole nitrogens is 1. The van der Waals surface area contributed by atoms with E-state index in [9.17, 15) is 9.90 Å². The molecule has 1 aliphatic rings. The molecule has 0 radical (unpaired) electrons. The van der Waals surface area contributed by atoms with Crippen molar-refractivity contribution < 1.29 is 9.90 Å². The lowest BCUT2D eigenvalue weighted by molar-refractivity contribution is -0.125. The van der Waals surface area contributed by atoms with Gasteiger partial charge in [0.05, 0.1) is 11.4 Å². The van der Waals surface area contributed by atoms with Crippen molar-refractivity contribution in [2.75, 3.05) is 0 Å². The van der Waals surface area contributed by atoms with Gasteiger partial charge in [0.15, 0.2) is 5.82 Å². The van der Waals surface area contributed by atoms with Crippen LogP contribution in [0.25, 0.3) is 5.82 Å². The number of hydrogen-bond donors (Lipinski definition) is 3. The van der Waals surface area contributed by atoms with Crippen LogP contribution in [0.3, 0.4) is 0 Å². The molecule has 35 heavy (non-hydrogen) atoms. The first kappa shape index (κ1) is 22.9. The second-order valence-corrected chi connectivity index (χ2v) is 9.40. The Morgan fingerprint density at radius 2 is 2.14 bits per heavy atom. The third-order valence-electron chi connectivity index (χ3n) is 6.50. The molecule has 0 bridgehead atoms. The van der Waals surface area contributed by atoms with E-state index in [1.807, 2.05) is 56.4 Å². The van der Waals surface area contributed by atoms with Gasteiger partial charge in [0, 0.05) is 48.9 Å². The van der Waals surface area contributed by atoms with Crippen molar-refractivity contribution >= 4 is 5.91 Å². The highest BCUT2D eigenvalue weighted by molar-refractivity contribution is 5.79. The summed E-state index contributed by atoms with van der Waals surface area (Å²) in [6, 6.07) is 11.6. The maximum atomic E-state index is 12.9. The van der Waals surface area contributed by atoms with Gasteiger partial charge in [-0.1, -0.05) is 6.07 Å². The van der Waals surface area contributed by atoms with Crippen LogP contribution in [0.2, 0.25) is 0 Å². The van der Waals surface area contributed by atoms with Crippen molar-refractivity contribution in [2.45, 2.75) is 51.7 Å². The topological polar surface area (TPSA) is 122 Å². The predicted molar refractivity (Wildman–Crippen MR) is 130 cm³/mol. The average molecular weight is 472 g/mol. The van der Waals surface area contributed by atoms with Crippen molar-refractivity contribution in [1.82, 2.24) is 35.3 Å². The van der Waals surface area contributed by atoms with Gasteiger partial charge in [-0.2, -0.15) is 10.2 Å². The van der Waals surface area contributed by atoms with Crippen molar-refractivity contribution in [3.63, 3.8) is 0 Å². The number of carbonyl (C=O) groups is 1. The van der Waals surface area contributed by atoms with Gasteiger partial charge in [0.25, 0.3) is 0 Å². The lowest BCUT2D eigenvalue weighted by atomic mass is 9.93. The van der Waals surface area contributed by atoms with Gasteiger partial charge < -0.3 is 10.4 Å². The Morgan fingerprint density at radius 1 is 1.26 bits per heavy atom. The van der Waals surface area contributed by atoms with Gasteiger partial charge in [-0.15, -0.1) is 0 Å². The Kier molecular flexibility index (Phi) is 6.17. The molecule has 4 heterocycles. The molecule has 9 nitrogen and oxygen atoms in total. The Labute approximate surface area is 203 Å². The van der Waals surface area contributed by atoms with Gasteiger partial charge >= 0.3 is 0 Å². The van der Waals surface area contributed by atoms with Crippen molar-refractivity contribution in [3.05, 3.63) is 88.9 Å². The molecule has 180 valence electrons. The first-order valence-electron chi connectivity index (χ1n) is 11.8. The van der Waals surface area contributed by atoms with Gasteiger partial charge in [0.2, 0.25) is 5.91 Å². The molecule has 3 N–H and O–H groups in total. The number of carbonyl (C=O) groups excluding carboxylic acids is 1. The normalized spacial score (nSPS) is 19.7. The van der Waals surface area contributed by atoms with Crippen LogP contribution in [0.1, 0.15) is 53.2 Å². The molecular formula is C26H29N7O2. The first-order chi connectivity index (χ1) is 16.9. The summed E-state index contributed by atoms with van der Waals surface area (Å²) in [4.78, 5) is 22.0. The van der Waals surface area contributed by atoms with Gasteiger partial charge in [0.1, 0.15) is 5.60 Å². The van der Waals surface area contributed by atoms with E-state index in [4.69, 9.17) is 4.98 Å². The molecule has 0 aromatic carbocycles. The van der Waals surface area contributed by atoms with Crippen molar-refractivity contribution in [2.24, 2.45) is 5.92 Å². The summed E-state index contributed by atoms with van der Waals surface area (Å²) in [5, 5.41) is 25.8. The van der Waals surface area contributed by atoms with Crippen LogP contribution in [-0.2, 0) is 23.4 Å². The Balaban J connectivity index is 1.21. The quantitative estimate of drug-likeness (QED) is 0.381. The molecule has 1 fully saturated rings. The van der Waals surface area contributed by atoms with Crippen LogP contribution in [0, 0.1) is 19.8 Å².